The Morgan fingerprint density at radius 3 is 2.69 bits per heavy atom. The van der Waals surface area contributed by atoms with E-state index in [0.717, 1.165) is 11.8 Å². The lowest BCUT2D eigenvalue weighted by atomic mass is 10.1. The van der Waals surface area contributed by atoms with E-state index in [-0.39, 0.29) is 10.7 Å². The van der Waals surface area contributed by atoms with Crippen molar-refractivity contribution in [2.45, 2.75) is 6.92 Å². The number of amides is 2. The fourth-order valence-electron chi connectivity index (χ4n) is 2.07. The average molecular weight is 375 g/mol. The van der Waals surface area contributed by atoms with Crippen LogP contribution in [0.2, 0.25) is 0 Å². The second-order valence-corrected chi connectivity index (χ2v) is 5.74. The van der Waals surface area contributed by atoms with Crippen molar-refractivity contribution in [1.82, 2.24) is 10.5 Å². The summed E-state index contributed by atoms with van der Waals surface area (Å²) in [7, 11) is 0. The van der Waals surface area contributed by atoms with Gasteiger partial charge in [0.25, 0.3) is 5.91 Å². The lowest BCUT2D eigenvalue weighted by Gasteiger charge is -2.07. The van der Waals surface area contributed by atoms with E-state index in [1.807, 2.05) is 0 Å². The van der Waals surface area contributed by atoms with Crippen molar-refractivity contribution in [2.24, 2.45) is 4.99 Å². The predicted molar refractivity (Wildman–Crippen MR) is 98.8 cm³/mol. The van der Waals surface area contributed by atoms with Gasteiger partial charge in [-0.3, -0.25) is 4.79 Å². The largest absolute Gasteiger partial charge is 0.490 e. The summed E-state index contributed by atoms with van der Waals surface area (Å²) >= 11 is 1.00. The summed E-state index contributed by atoms with van der Waals surface area (Å²) < 4.78 is 10.6. The summed E-state index contributed by atoms with van der Waals surface area (Å²) in [6.45, 7) is 5.57. The van der Waals surface area contributed by atoms with Crippen molar-refractivity contribution >= 4 is 28.9 Å². The van der Waals surface area contributed by atoms with E-state index in [2.05, 4.69) is 22.0 Å². The molecule has 9 heteroatoms. The number of carbonyl (C=O) groups excluding carboxylic acids is 1. The fourth-order valence-corrected chi connectivity index (χ4v) is 2.44. The Hall–Kier alpha value is -3.07. The molecule has 0 aliphatic carbocycles. The number of carboxylic acid groups (broad SMARTS) is 1. The van der Waals surface area contributed by atoms with E-state index >= 15 is 0 Å². The maximum Gasteiger partial charge on any atom is 0.433 e. The number of hydrogen-bond donors (Lipinski definition) is 2. The molecular formula is C17H17N3O5S. The number of aromatic nitrogens is 1. The lowest BCUT2D eigenvalue weighted by molar-refractivity contribution is 0.0977. The quantitative estimate of drug-likeness (QED) is 0.468. The summed E-state index contributed by atoms with van der Waals surface area (Å²) in [4.78, 5) is 26.5. The van der Waals surface area contributed by atoms with Gasteiger partial charge in [0.1, 0.15) is 29.4 Å². The molecule has 2 aromatic rings. The van der Waals surface area contributed by atoms with E-state index in [1.165, 1.54) is 0 Å². The number of aryl methyl sites for hydroxylation is 1. The number of benzene rings is 1. The molecule has 2 rings (SSSR count). The Bertz CT molecular complexity index is 843. The van der Waals surface area contributed by atoms with Crippen molar-refractivity contribution in [2.75, 3.05) is 12.9 Å². The van der Waals surface area contributed by atoms with Gasteiger partial charge in [0.2, 0.25) is 0 Å². The number of carbonyl (C=O) groups is 2. The van der Waals surface area contributed by atoms with Crippen LogP contribution < -0.4 is 10.1 Å². The number of nitrogens with one attached hydrogen (secondary N) is 1. The van der Waals surface area contributed by atoms with Crippen LogP contribution in [0.4, 0.5) is 4.79 Å². The normalized spacial score (nSPS) is 11.1. The van der Waals surface area contributed by atoms with E-state index in [4.69, 9.17) is 14.4 Å². The second kappa shape index (κ2) is 8.86. The van der Waals surface area contributed by atoms with Crippen LogP contribution in [-0.4, -0.2) is 40.3 Å². The van der Waals surface area contributed by atoms with E-state index in [1.54, 1.807) is 43.5 Å². The van der Waals surface area contributed by atoms with Gasteiger partial charge in [0.05, 0.1) is 0 Å². The number of nitrogens with zero attached hydrogens (tertiary/aromatic N) is 2. The monoisotopic (exact) mass is 375 g/mol. The zero-order chi connectivity index (χ0) is 19.1. The fraction of sp³-hybridized carbons (Fsp3) is 0.176. The first-order valence-electron chi connectivity index (χ1n) is 7.43. The van der Waals surface area contributed by atoms with Crippen molar-refractivity contribution in [3.63, 3.8) is 0 Å². The molecule has 0 aliphatic rings. The molecule has 1 aromatic heterocycles. The van der Waals surface area contributed by atoms with Crippen LogP contribution in [0.1, 0.15) is 16.1 Å². The highest BCUT2D eigenvalue weighted by molar-refractivity contribution is 8.13. The van der Waals surface area contributed by atoms with Crippen molar-refractivity contribution in [3.8, 4) is 17.0 Å². The molecule has 0 fully saturated rings. The van der Waals surface area contributed by atoms with Gasteiger partial charge in [-0.15, -0.1) is 0 Å². The molecule has 1 aromatic carbocycles. The molecule has 0 aliphatic heterocycles. The number of thioether (sulfide) groups is 1. The molecule has 0 saturated heterocycles. The Kier molecular flexibility index (Phi) is 6.56. The molecule has 1 heterocycles. The molecule has 2 N–H and O–H groups in total. The summed E-state index contributed by atoms with van der Waals surface area (Å²) in [6, 6.07) is 6.97. The minimum atomic E-state index is -1.40. The summed E-state index contributed by atoms with van der Waals surface area (Å²) in [5.41, 5.74) is 1.20. The Labute approximate surface area is 153 Å². The van der Waals surface area contributed by atoms with Gasteiger partial charge in [0, 0.05) is 5.56 Å². The molecule has 0 radical (unpaired) electrons. The molecule has 2 amide bonds. The highest BCUT2D eigenvalue weighted by Crippen LogP contribution is 2.27. The molecule has 0 saturated carbocycles. The summed E-state index contributed by atoms with van der Waals surface area (Å²) in [5.74, 6) is 0.401. The number of aliphatic imine (C=N–C) groups is 1. The maximum atomic E-state index is 12.5. The second-order valence-electron chi connectivity index (χ2n) is 4.94. The standard InChI is InChI=1S/C17H17N3O5S/c1-4-9-24-12-7-5-11(6-8-12)14-13(10(2)25-20-14)15(21)18-16(26-3)19-17(22)23/h4-8H,1,9H2,2-3H3,(H,22,23)(H,18,19,21). The molecule has 0 bridgehead atoms. The number of rotatable bonds is 5. The zero-order valence-electron chi connectivity index (χ0n) is 14.2. The van der Waals surface area contributed by atoms with Crippen LogP contribution in [0.3, 0.4) is 0 Å². The van der Waals surface area contributed by atoms with Crippen molar-refractivity contribution in [3.05, 3.63) is 48.2 Å². The number of ether oxygens (including phenoxy) is 1. The lowest BCUT2D eigenvalue weighted by Crippen LogP contribution is -2.29. The Morgan fingerprint density at radius 2 is 2.12 bits per heavy atom. The molecule has 136 valence electrons. The first kappa shape index (κ1) is 19.3. The van der Waals surface area contributed by atoms with Crippen molar-refractivity contribution < 1.29 is 24.0 Å². The van der Waals surface area contributed by atoms with Crippen LogP contribution in [0.15, 0.2) is 46.4 Å². The average Bonchev–Trinajstić information content (AvgIpc) is 3.01. The van der Waals surface area contributed by atoms with E-state index in [0.29, 0.717) is 29.4 Å². The van der Waals surface area contributed by atoms with Crippen LogP contribution in [0.25, 0.3) is 11.3 Å². The highest BCUT2D eigenvalue weighted by Gasteiger charge is 2.22. The van der Waals surface area contributed by atoms with Gasteiger partial charge in [0.15, 0.2) is 5.17 Å². The predicted octanol–water partition coefficient (Wildman–Crippen LogP) is 3.34. The van der Waals surface area contributed by atoms with Crippen LogP contribution in [-0.2, 0) is 0 Å². The van der Waals surface area contributed by atoms with Crippen LogP contribution in [0, 0.1) is 6.92 Å². The van der Waals surface area contributed by atoms with Gasteiger partial charge in [-0.2, -0.15) is 4.99 Å². The Morgan fingerprint density at radius 1 is 1.42 bits per heavy atom. The third-order valence-electron chi connectivity index (χ3n) is 3.20. The van der Waals surface area contributed by atoms with E-state index < -0.39 is 12.0 Å². The molecular weight excluding hydrogens is 358 g/mol. The summed E-state index contributed by atoms with van der Waals surface area (Å²) in [6.07, 6.45) is 1.84. The van der Waals surface area contributed by atoms with Gasteiger partial charge in [-0.1, -0.05) is 29.6 Å². The topological polar surface area (TPSA) is 114 Å². The van der Waals surface area contributed by atoms with Crippen LogP contribution >= 0.6 is 11.8 Å². The maximum absolute atomic E-state index is 12.5. The molecule has 8 nitrogen and oxygen atoms in total. The molecule has 0 unspecified atom stereocenters. The zero-order valence-corrected chi connectivity index (χ0v) is 15.0. The van der Waals surface area contributed by atoms with Gasteiger partial charge >= 0.3 is 6.09 Å². The SMILES string of the molecule is C=CCOc1ccc(-c2noc(C)c2C(=O)NC(=NC(=O)O)SC)cc1. The molecule has 26 heavy (non-hydrogen) atoms. The first-order valence-corrected chi connectivity index (χ1v) is 8.66. The van der Waals surface area contributed by atoms with Gasteiger partial charge in [-0.05, 0) is 37.4 Å². The van der Waals surface area contributed by atoms with E-state index in [9.17, 15) is 9.59 Å². The number of amidine groups is 1. The van der Waals surface area contributed by atoms with Gasteiger partial charge in [-0.25, -0.2) is 4.79 Å². The minimum absolute atomic E-state index is 0.0396. The molecule has 0 spiro atoms. The van der Waals surface area contributed by atoms with Crippen molar-refractivity contribution in [1.29, 1.82) is 0 Å². The first-order chi connectivity index (χ1) is 12.5. The third-order valence-corrected chi connectivity index (χ3v) is 3.78. The minimum Gasteiger partial charge on any atom is -0.490 e. The smallest absolute Gasteiger partial charge is 0.433 e. The Balaban J connectivity index is 2.29. The number of hydrogen-bond acceptors (Lipinski definition) is 6. The highest BCUT2D eigenvalue weighted by atomic mass is 32.2. The van der Waals surface area contributed by atoms with Gasteiger partial charge < -0.3 is 19.7 Å². The van der Waals surface area contributed by atoms with Crippen LogP contribution in [0.5, 0.6) is 5.75 Å². The third kappa shape index (κ3) is 4.73. The molecule has 0 atom stereocenters. The summed E-state index contributed by atoms with van der Waals surface area (Å²) in [5, 5.41) is 15.1.